The number of hydrogen-bond donors (Lipinski definition) is 3. The van der Waals surface area contributed by atoms with E-state index in [0.717, 1.165) is 94.6 Å². The Morgan fingerprint density at radius 2 is 1.68 bits per heavy atom. The number of sulfonamides is 1. The molecule has 3 aliphatic carbocycles. The van der Waals surface area contributed by atoms with E-state index in [4.69, 9.17) is 4.74 Å². The Labute approximate surface area is 404 Å². The molecule has 3 aromatic heterocycles. The minimum Gasteiger partial charge on any atom is -0.455 e. The van der Waals surface area contributed by atoms with Gasteiger partial charge in [0.05, 0.1) is 28.9 Å². The van der Waals surface area contributed by atoms with Crippen molar-refractivity contribution < 1.29 is 27.1 Å². The molecule has 5 fully saturated rings. The van der Waals surface area contributed by atoms with Crippen LogP contribution in [0.5, 0.6) is 11.5 Å². The number of piperidine rings is 1. The number of aromatic nitrogens is 3. The van der Waals surface area contributed by atoms with Crippen molar-refractivity contribution in [3.63, 3.8) is 0 Å². The van der Waals surface area contributed by atoms with Crippen LogP contribution < -0.4 is 19.7 Å². The zero-order valence-electron chi connectivity index (χ0n) is 39.5. The van der Waals surface area contributed by atoms with Crippen LogP contribution in [0.1, 0.15) is 97.7 Å². The number of benzene rings is 2. The largest absolute Gasteiger partial charge is 0.455 e. The van der Waals surface area contributed by atoms with Gasteiger partial charge >= 0.3 is 5.69 Å². The number of nitrogens with zero attached hydrogens (tertiary/aromatic N) is 7. The molecule has 1 spiro atoms. The lowest BCUT2D eigenvalue weighted by Gasteiger charge is -2.58. The second-order valence-corrected chi connectivity index (χ2v) is 24.7. The van der Waals surface area contributed by atoms with E-state index in [2.05, 4.69) is 75.4 Å². The highest BCUT2D eigenvalue weighted by atomic mass is 32.2. The van der Waals surface area contributed by atoms with E-state index in [1.807, 2.05) is 12.1 Å². The molecule has 1 amide bonds. The van der Waals surface area contributed by atoms with Crippen LogP contribution in [0.25, 0.3) is 11.0 Å². The number of amides is 1. The molecule has 366 valence electrons. The van der Waals surface area contributed by atoms with E-state index in [-0.39, 0.29) is 34.5 Å². The average Bonchev–Trinajstić information content (AvgIpc) is 4.06. The van der Waals surface area contributed by atoms with Gasteiger partial charge in [0.15, 0.2) is 0 Å². The Morgan fingerprint density at radius 1 is 0.928 bits per heavy atom. The van der Waals surface area contributed by atoms with Crippen molar-refractivity contribution in [1.29, 1.82) is 0 Å². The highest BCUT2D eigenvalue weighted by Gasteiger charge is 2.50. The summed E-state index contributed by atoms with van der Waals surface area (Å²) in [5.41, 5.74) is 4.27. The standard InChI is InChI=1S/C50H62N10O7S2/c1-57-22-23-59(45(32-57)42-7-5-4-6-41(42)34-10-11-34)38-27-50(28-38)17-20-58(21-18-50)37-14-15-43(46(25-37)67-39-24-35-16-19-51-47(35)53-30-39)49(61)56-69(65,66)40-26-44(60(62)63)48(54-31-40)52-29-33-8-12-36(13-9-33)55-68(2,3)64/h4-7,14-16,19,24-26,30-31,33-34,36,38,45H,8-13,17-18,20-23,27-29,32H2,1-3H3,(H,51,53)(H,52,54)(H,56,61)/t33?,36?,45-/m1/s1. The van der Waals surface area contributed by atoms with Crippen molar-refractivity contribution in [3.05, 3.63) is 106 Å². The van der Waals surface area contributed by atoms with Crippen molar-refractivity contribution in [3.8, 4) is 11.5 Å². The number of ether oxygens (including phenoxy) is 1. The summed E-state index contributed by atoms with van der Waals surface area (Å²) in [6, 6.07) is 19.8. The first-order valence-electron chi connectivity index (χ1n) is 24.2. The second-order valence-electron chi connectivity index (χ2n) is 20.4. The molecule has 19 heteroatoms. The number of nitrogens with one attached hydrogen (secondary N) is 3. The van der Waals surface area contributed by atoms with E-state index in [1.54, 1.807) is 42.5 Å². The third-order valence-corrected chi connectivity index (χ3v) is 17.3. The van der Waals surface area contributed by atoms with Gasteiger partial charge < -0.3 is 24.8 Å². The summed E-state index contributed by atoms with van der Waals surface area (Å²) in [7, 11) is -4.60. The van der Waals surface area contributed by atoms with Gasteiger partial charge in [0.2, 0.25) is 5.82 Å². The Kier molecular flexibility index (Phi) is 12.9. The van der Waals surface area contributed by atoms with Gasteiger partial charge in [-0.2, -0.15) is 0 Å². The second kappa shape index (κ2) is 18.9. The van der Waals surface area contributed by atoms with Crippen LogP contribution in [0.3, 0.4) is 0 Å². The predicted molar refractivity (Wildman–Crippen MR) is 267 cm³/mol. The number of hydrogen-bond acceptors (Lipinski definition) is 14. The molecular weight excluding hydrogens is 917 g/mol. The number of rotatable bonds is 14. The fraction of sp³-hybridized carbons (Fsp3) is 0.500. The summed E-state index contributed by atoms with van der Waals surface area (Å²) >= 11 is 0. The smallest absolute Gasteiger partial charge is 0.312 e. The number of carbonyl (C=O) groups excluding carboxylic acids is 1. The minimum atomic E-state index is -4.64. The quantitative estimate of drug-likeness (QED) is 0.0711. The van der Waals surface area contributed by atoms with Crippen LogP contribution >= 0.6 is 0 Å². The fourth-order valence-corrected chi connectivity index (χ4v) is 13.1. The topological polar surface area (TPSA) is 208 Å². The zero-order valence-corrected chi connectivity index (χ0v) is 41.1. The van der Waals surface area contributed by atoms with Gasteiger partial charge in [-0.3, -0.25) is 24.0 Å². The number of pyridine rings is 2. The molecule has 0 bridgehead atoms. The maximum atomic E-state index is 14.0. The molecule has 5 heterocycles. The number of carbonyl (C=O) groups is 1. The maximum Gasteiger partial charge on any atom is 0.312 e. The number of likely N-dealkylation sites (N-methyl/N-ethyl adjacent to an activating group) is 1. The first-order valence-corrected chi connectivity index (χ1v) is 28.0. The summed E-state index contributed by atoms with van der Waals surface area (Å²) in [5, 5.41) is 16.1. The normalized spacial score (nSPS) is 22.5. The van der Waals surface area contributed by atoms with Gasteiger partial charge in [-0.15, -0.1) is 0 Å². The minimum absolute atomic E-state index is 0.0212. The van der Waals surface area contributed by atoms with Gasteiger partial charge in [-0.25, -0.2) is 27.5 Å². The molecule has 0 unspecified atom stereocenters. The van der Waals surface area contributed by atoms with Crippen molar-refractivity contribution >= 4 is 53.9 Å². The van der Waals surface area contributed by atoms with Crippen LogP contribution in [-0.2, 0) is 19.8 Å². The van der Waals surface area contributed by atoms with E-state index in [0.29, 0.717) is 35.9 Å². The number of aromatic amines is 1. The summed E-state index contributed by atoms with van der Waals surface area (Å²) < 4.78 is 52.6. The third-order valence-electron chi connectivity index (χ3n) is 15.2. The molecule has 5 aliphatic rings. The van der Waals surface area contributed by atoms with Crippen LogP contribution in [0.2, 0.25) is 0 Å². The van der Waals surface area contributed by atoms with Crippen LogP contribution in [-0.4, -0.2) is 119 Å². The van der Waals surface area contributed by atoms with E-state index < -0.39 is 41.2 Å². The number of fused-ring (bicyclic) bond motifs is 1. The number of piperazine rings is 1. The lowest BCUT2D eigenvalue weighted by Crippen LogP contribution is -2.59. The summed E-state index contributed by atoms with van der Waals surface area (Å²) in [6.07, 6.45) is 17.7. The summed E-state index contributed by atoms with van der Waals surface area (Å²) in [6.45, 7) is 5.25. The molecule has 2 aliphatic heterocycles. The molecule has 3 saturated carbocycles. The Bertz CT molecular complexity index is 2970. The molecule has 0 radical (unpaired) electrons. The SMILES string of the molecule is CN1CCN(C2CC3(CCN(c4ccc(C(=O)NS(=O)(=O)c5cnc(NCC6CCC(N=S(C)(C)=O)CC6)c([N+](=O)[O-])c5)c(Oc5cnc6[nH]ccc6c5)c4)CC3)C2)[C@@H](c2ccccc2C2CC2)C1. The number of anilines is 2. The molecule has 69 heavy (non-hydrogen) atoms. The van der Waals surface area contributed by atoms with Gasteiger partial charge in [0.25, 0.3) is 15.9 Å². The van der Waals surface area contributed by atoms with Crippen molar-refractivity contribution in [1.82, 2.24) is 29.5 Å². The first-order chi connectivity index (χ1) is 33.1. The van der Waals surface area contributed by atoms with Crippen LogP contribution in [0.15, 0.2) is 88.5 Å². The van der Waals surface area contributed by atoms with Crippen molar-refractivity contribution in [2.24, 2.45) is 15.7 Å². The van der Waals surface area contributed by atoms with Crippen LogP contribution in [0, 0.1) is 21.4 Å². The van der Waals surface area contributed by atoms with Gasteiger partial charge in [0.1, 0.15) is 22.0 Å². The zero-order chi connectivity index (χ0) is 48.1. The predicted octanol–water partition coefficient (Wildman–Crippen LogP) is 8.09. The van der Waals surface area contributed by atoms with Gasteiger partial charge in [0, 0.05) is 103 Å². The van der Waals surface area contributed by atoms with E-state index >= 15 is 0 Å². The summed E-state index contributed by atoms with van der Waals surface area (Å²) in [4.78, 5) is 44.3. The molecule has 5 aromatic rings. The molecule has 10 rings (SSSR count). The highest BCUT2D eigenvalue weighted by molar-refractivity contribution is 7.92. The number of nitro groups is 1. The third kappa shape index (κ3) is 10.5. The Balaban J connectivity index is 0.823. The van der Waals surface area contributed by atoms with Crippen LogP contribution in [0.4, 0.5) is 17.2 Å². The van der Waals surface area contributed by atoms with E-state index in [1.165, 1.54) is 37.4 Å². The molecule has 2 aromatic carbocycles. The molecule has 1 atom stereocenters. The Morgan fingerprint density at radius 3 is 2.41 bits per heavy atom. The summed E-state index contributed by atoms with van der Waals surface area (Å²) in [5.74, 6) is 0.335. The monoisotopic (exact) mass is 978 g/mol. The maximum absolute atomic E-state index is 14.0. The average molecular weight is 979 g/mol. The molecule has 17 nitrogen and oxygen atoms in total. The van der Waals surface area contributed by atoms with Gasteiger partial charge in [-0.05, 0) is 124 Å². The van der Waals surface area contributed by atoms with Gasteiger partial charge in [-0.1, -0.05) is 24.3 Å². The number of H-pyrrole nitrogens is 1. The van der Waals surface area contributed by atoms with Crippen molar-refractivity contribution in [2.75, 3.05) is 69.0 Å². The highest BCUT2D eigenvalue weighted by Crippen LogP contribution is 2.54. The molecule has 2 saturated heterocycles. The lowest BCUT2D eigenvalue weighted by molar-refractivity contribution is -0.384. The Hall–Kier alpha value is -5.63. The molecule has 3 N–H and O–H groups in total. The van der Waals surface area contributed by atoms with E-state index in [9.17, 15) is 27.5 Å². The molecular formula is C50H62N10O7S2. The fourth-order valence-electron chi connectivity index (χ4n) is 11.3. The lowest BCUT2D eigenvalue weighted by atomic mass is 9.59. The van der Waals surface area contributed by atoms with Crippen molar-refractivity contribution in [2.45, 2.75) is 93.1 Å². The first kappa shape index (κ1) is 47.1.